The van der Waals surface area contributed by atoms with Crippen LogP contribution in [0.1, 0.15) is 196 Å². The minimum absolute atomic E-state index is 0.101. The van der Waals surface area contributed by atoms with E-state index in [4.69, 9.17) is 14.2 Å². The van der Waals surface area contributed by atoms with Crippen LogP contribution in [0.4, 0.5) is 0 Å². The largest absolute Gasteiger partial charge is 0.465 e. The fourth-order valence-electron chi connectivity index (χ4n) is 5.72. The summed E-state index contributed by atoms with van der Waals surface area (Å²) in [6.45, 7) is 14.0. The number of carbonyl (C=O) groups is 3. The van der Waals surface area contributed by atoms with Crippen molar-refractivity contribution < 1.29 is 28.6 Å². The van der Waals surface area contributed by atoms with E-state index in [0.29, 0.717) is 19.6 Å². The van der Waals surface area contributed by atoms with Gasteiger partial charge < -0.3 is 19.1 Å². The molecule has 0 saturated heterocycles. The van der Waals surface area contributed by atoms with E-state index in [1.165, 1.54) is 12.8 Å². The highest BCUT2D eigenvalue weighted by Gasteiger charge is 2.29. The third-order valence-corrected chi connectivity index (χ3v) is 9.46. The average Bonchev–Trinajstić information content (AvgIpc) is 3.09. The maximum absolute atomic E-state index is 12.7. The van der Waals surface area contributed by atoms with E-state index in [0.717, 1.165) is 141 Å². The second-order valence-electron chi connectivity index (χ2n) is 16.1. The SMILES string of the molecule is CCCCC#CCCCCOC(=O)C(C)(C)CCCCCC(CCCCCC(C)(C)C(=O)OCCCCC#CCCCC)OC(=O)CCCN(C)C. The number of esters is 3. The van der Waals surface area contributed by atoms with Gasteiger partial charge in [-0.2, -0.15) is 0 Å². The lowest BCUT2D eigenvalue weighted by atomic mass is 9.86. The summed E-state index contributed by atoms with van der Waals surface area (Å²) in [6.07, 6.45) is 22.0. The summed E-state index contributed by atoms with van der Waals surface area (Å²) in [6, 6.07) is 0. The minimum Gasteiger partial charge on any atom is -0.465 e. The van der Waals surface area contributed by atoms with Gasteiger partial charge in [-0.1, -0.05) is 52.4 Å². The molecule has 0 spiro atoms. The van der Waals surface area contributed by atoms with Crippen LogP contribution in [0.5, 0.6) is 0 Å². The molecule has 0 aliphatic carbocycles. The number of ether oxygens (including phenoxy) is 3. The number of hydrogen-bond acceptors (Lipinski definition) is 7. The van der Waals surface area contributed by atoms with E-state index in [-0.39, 0.29) is 24.0 Å². The number of unbranched alkanes of at least 4 members (excludes halogenated alkanes) is 12. The lowest BCUT2D eigenvalue weighted by molar-refractivity contribution is -0.155. The first kappa shape index (κ1) is 49.5. The van der Waals surface area contributed by atoms with Crippen molar-refractivity contribution in [1.82, 2.24) is 4.90 Å². The van der Waals surface area contributed by atoms with Gasteiger partial charge in [-0.3, -0.25) is 14.4 Å². The quantitative estimate of drug-likeness (QED) is 0.0304. The first-order chi connectivity index (χ1) is 24.9. The number of rotatable bonds is 31. The molecule has 0 fully saturated rings. The van der Waals surface area contributed by atoms with Gasteiger partial charge in [0, 0.05) is 32.1 Å². The number of carbonyl (C=O) groups excluding carboxylic acids is 3. The summed E-state index contributed by atoms with van der Waals surface area (Å²) < 4.78 is 17.2. The van der Waals surface area contributed by atoms with Gasteiger partial charge in [-0.15, -0.1) is 23.7 Å². The number of nitrogens with zero attached hydrogens (tertiary/aromatic N) is 1. The molecule has 0 atom stereocenters. The van der Waals surface area contributed by atoms with E-state index < -0.39 is 10.8 Å². The minimum atomic E-state index is -0.513. The van der Waals surface area contributed by atoms with E-state index >= 15 is 0 Å². The Balaban J connectivity index is 4.56. The molecule has 7 heteroatoms. The van der Waals surface area contributed by atoms with Gasteiger partial charge in [0.15, 0.2) is 0 Å². The van der Waals surface area contributed by atoms with Crippen LogP contribution in [0.2, 0.25) is 0 Å². The lowest BCUT2D eigenvalue weighted by Crippen LogP contribution is -2.27. The summed E-state index contributed by atoms with van der Waals surface area (Å²) in [7, 11) is 4.02. The Kier molecular flexibility index (Phi) is 30.4. The highest BCUT2D eigenvalue weighted by molar-refractivity contribution is 5.76. The van der Waals surface area contributed by atoms with Gasteiger partial charge in [-0.25, -0.2) is 0 Å². The van der Waals surface area contributed by atoms with E-state index in [1.54, 1.807) is 0 Å². The predicted molar refractivity (Wildman–Crippen MR) is 216 cm³/mol. The topological polar surface area (TPSA) is 82.1 Å². The van der Waals surface area contributed by atoms with Crippen LogP contribution in [-0.2, 0) is 28.6 Å². The second-order valence-corrected chi connectivity index (χ2v) is 16.1. The zero-order valence-corrected chi connectivity index (χ0v) is 35.1. The summed E-state index contributed by atoms with van der Waals surface area (Å²) >= 11 is 0. The molecule has 0 heterocycles. The lowest BCUT2D eigenvalue weighted by Gasteiger charge is -2.23. The second kappa shape index (κ2) is 32.0. The molecule has 0 aromatic carbocycles. The molecule has 300 valence electrons. The highest BCUT2D eigenvalue weighted by Crippen LogP contribution is 2.28. The molecule has 0 aromatic heterocycles. The molecule has 7 nitrogen and oxygen atoms in total. The van der Waals surface area contributed by atoms with Gasteiger partial charge >= 0.3 is 17.9 Å². The average molecular weight is 730 g/mol. The standard InChI is InChI=1S/C45H79NO6/c1-9-11-13-15-17-19-21-29-38-50-42(48)44(3,4)35-27-23-25-32-40(52-41(47)34-31-37-46(7)8)33-26-24-28-36-45(5,6)43(49)51-39-30-22-20-18-16-14-12-10-2/h40H,9-14,19-39H2,1-8H3. The Morgan fingerprint density at radius 1 is 0.558 bits per heavy atom. The molecule has 0 N–H and O–H groups in total. The molecule has 0 rings (SSSR count). The van der Waals surface area contributed by atoms with Gasteiger partial charge in [0.25, 0.3) is 0 Å². The fraction of sp³-hybridized carbons (Fsp3) is 0.844. The van der Waals surface area contributed by atoms with Gasteiger partial charge in [0.1, 0.15) is 6.10 Å². The molecule has 0 amide bonds. The maximum atomic E-state index is 12.7. The summed E-state index contributed by atoms with van der Waals surface area (Å²) in [5.74, 6) is 12.5. The van der Waals surface area contributed by atoms with Crippen LogP contribution in [-0.4, -0.2) is 62.8 Å². The first-order valence-corrected chi connectivity index (χ1v) is 21.0. The van der Waals surface area contributed by atoms with Crippen molar-refractivity contribution in [2.24, 2.45) is 10.8 Å². The predicted octanol–water partition coefficient (Wildman–Crippen LogP) is 11.0. The van der Waals surface area contributed by atoms with Gasteiger partial charge in [0.2, 0.25) is 0 Å². The van der Waals surface area contributed by atoms with Crippen LogP contribution in [0, 0.1) is 34.5 Å². The molecule has 0 aliphatic heterocycles. The van der Waals surface area contributed by atoms with Crippen molar-refractivity contribution in [1.29, 1.82) is 0 Å². The van der Waals surface area contributed by atoms with Crippen LogP contribution in [0.25, 0.3) is 0 Å². The van der Waals surface area contributed by atoms with Crippen LogP contribution >= 0.6 is 0 Å². The van der Waals surface area contributed by atoms with Crippen molar-refractivity contribution in [2.75, 3.05) is 33.9 Å². The van der Waals surface area contributed by atoms with Crippen molar-refractivity contribution >= 4 is 17.9 Å². The Morgan fingerprint density at radius 2 is 0.981 bits per heavy atom. The van der Waals surface area contributed by atoms with Crippen LogP contribution in [0.15, 0.2) is 0 Å². The third kappa shape index (κ3) is 29.0. The summed E-state index contributed by atoms with van der Waals surface area (Å²) in [4.78, 5) is 40.2. The maximum Gasteiger partial charge on any atom is 0.311 e. The molecule has 52 heavy (non-hydrogen) atoms. The fourth-order valence-corrected chi connectivity index (χ4v) is 5.72. The van der Waals surface area contributed by atoms with Crippen LogP contribution < -0.4 is 0 Å². The number of hydrogen-bond donors (Lipinski definition) is 0. The summed E-state index contributed by atoms with van der Waals surface area (Å²) in [5, 5.41) is 0. The Bertz CT molecular complexity index is 987. The van der Waals surface area contributed by atoms with Crippen LogP contribution in [0.3, 0.4) is 0 Å². The molecule has 0 unspecified atom stereocenters. The first-order valence-electron chi connectivity index (χ1n) is 21.0. The Morgan fingerprint density at radius 3 is 1.38 bits per heavy atom. The molecule has 0 saturated carbocycles. The monoisotopic (exact) mass is 730 g/mol. The molecular formula is C45H79NO6. The normalized spacial score (nSPS) is 11.5. The van der Waals surface area contributed by atoms with Crippen molar-refractivity contribution in [2.45, 2.75) is 202 Å². The van der Waals surface area contributed by atoms with Crippen molar-refractivity contribution in [3.63, 3.8) is 0 Å². The Labute approximate surface area is 320 Å². The third-order valence-electron chi connectivity index (χ3n) is 9.46. The van der Waals surface area contributed by atoms with E-state index in [2.05, 4.69) is 42.4 Å². The molecular weight excluding hydrogens is 650 g/mol. The Hall–Kier alpha value is -2.51. The van der Waals surface area contributed by atoms with E-state index in [9.17, 15) is 14.4 Å². The molecule has 0 bridgehead atoms. The summed E-state index contributed by atoms with van der Waals surface area (Å²) in [5.41, 5.74) is -1.03. The smallest absolute Gasteiger partial charge is 0.311 e. The zero-order chi connectivity index (χ0) is 38.9. The highest BCUT2D eigenvalue weighted by atomic mass is 16.5. The van der Waals surface area contributed by atoms with E-state index in [1.807, 2.05) is 41.8 Å². The molecule has 0 radical (unpaired) electrons. The van der Waals surface area contributed by atoms with Crippen molar-refractivity contribution in [3.05, 3.63) is 0 Å². The zero-order valence-electron chi connectivity index (χ0n) is 35.1. The molecule has 0 aliphatic rings. The van der Waals surface area contributed by atoms with Gasteiger partial charge in [-0.05, 0) is 132 Å². The molecule has 0 aromatic rings. The van der Waals surface area contributed by atoms with Gasteiger partial charge in [0.05, 0.1) is 24.0 Å². The van der Waals surface area contributed by atoms with Crippen molar-refractivity contribution in [3.8, 4) is 23.7 Å².